The molecule has 0 saturated carbocycles. The Morgan fingerprint density at radius 2 is 1.81 bits per heavy atom. The van der Waals surface area contributed by atoms with Crippen LogP contribution in [0.5, 0.6) is 0 Å². The maximum atomic E-state index is 5.49. The zero-order valence-electron chi connectivity index (χ0n) is 10.8. The molecule has 0 atom stereocenters. The van der Waals surface area contributed by atoms with Crippen molar-refractivity contribution in [1.82, 2.24) is 0 Å². The van der Waals surface area contributed by atoms with Crippen molar-refractivity contribution in [3.05, 3.63) is 35.6 Å². The summed E-state index contributed by atoms with van der Waals surface area (Å²) >= 11 is 0. The Labute approximate surface area is 97.5 Å². The average Bonchev–Trinajstić information content (AvgIpc) is 2.60. The standard InChI is InChI=1S/C15H20O/c1-10(2)12-8-11-6-7-16-14(11)9-13(12)15(3,4)5/h6-10H,1-5H3. The summed E-state index contributed by atoms with van der Waals surface area (Å²) in [4.78, 5) is 0. The Morgan fingerprint density at radius 3 is 2.38 bits per heavy atom. The van der Waals surface area contributed by atoms with Gasteiger partial charge in [0, 0.05) is 5.39 Å². The molecule has 0 radical (unpaired) electrons. The molecule has 0 N–H and O–H groups in total. The predicted molar refractivity (Wildman–Crippen MR) is 69.0 cm³/mol. The van der Waals surface area contributed by atoms with E-state index in [0.717, 1.165) is 5.58 Å². The van der Waals surface area contributed by atoms with Crippen LogP contribution in [0.3, 0.4) is 0 Å². The van der Waals surface area contributed by atoms with E-state index in [4.69, 9.17) is 4.42 Å². The van der Waals surface area contributed by atoms with Gasteiger partial charge in [0.05, 0.1) is 6.26 Å². The topological polar surface area (TPSA) is 13.1 Å². The lowest BCUT2D eigenvalue weighted by molar-refractivity contribution is 0.571. The van der Waals surface area contributed by atoms with E-state index in [2.05, 4.69) is 46.8 Å². The highest BCUT2D eigenvalue weighted by molar-refractivity contribution is 5.79. The van der Waals surface area contributed by atoms with E-state index in [1.54, 1.807) is 6.26 Å². The van der Waals surface area contributed by atoms with Crippen LogP contribution in [0.4, 0.5) is 0 Å². The summed E-state index contributed by atoms with van der Waals surface area (Å²) in [5.41, 5.74) is 3.99. The molecule has 16 heavy (non-hydrogen) atoms. The Kier molecular flexibility index (Phi) is 2.57. The fraction of sp³-hybridized carbons (Fsp3) is 0.467. The summed E-state index contributed by atoms with van der Waals surface area (Å²) in [6, 6.07) is 6.50. The van der Waals surface area contributed by atoms with Crippen molar-refractivity contribution in [2.75, 3.05) is 0 Å². The van der Waals surface area contributed by atoms with Crippen LogP contribution in [0.15, 0.2) is 28.9 Å². The van der Waals surface area contributed by atoms with E-state index in [-0.39, 0.29) is 5.41 Å². The lowest BCUT2D eigenvalue weighted by Crippen LogP contribution is -2.14. The quantitative estimate of drug-likeness (QED) is 0.664. The van der Waals surface area contributed by atoms with E-state index in [1.165, 1.54) is 16.5 Å². The molecule has 86 valence electrons. The third-order valence-electron chi connectivity index (χ3n) is 3.05. The van der Waals surface area contributed by atoms with Crippen molar-refractivity contribution < 1.29 is 4.42 Å². The highest BCUT2D eigenvalue weighted by Gasteiger charge is 2.20. The van der Waals surface area contributed by atoms with Gasteiger partial charge >= 0.3 is 0 Å². The lowest BCUT2D eigenvalue weighted by atomic mass is 9.80. The summed E-state index contributed by atoms with van der Waals surface area (Å²) in [7, 11) is 0. The minimum absolute atomic E-state index is 0.167. The number of hydrogen-bond donors (Lipinski definition) is 0. The van der Waals surface area contributed by atoms with Crippen LogP contribution in [0.2, 0.25) is 0 Å². The van der Waals surface area contributed by atoms with Crippen LogP contribution >= 0.6 is 0 Å². The number of fused-ring (bicyclic) bond motifs is 1. The molecule has 0 amide bonds. The van der Waals surface area contributed by atoms with E-state index in [1.807, 2.05) is 6.07 Å². The van der Waals surface area contributed by atoms with Gasteiger partial charge in [0.15, 0.2) is 0 Å². The number of rotatable bonds is 1. The molecule has 0 spiro atoms. The van der Waals surface area contributed by atoms with Gasteiger partial charge in [0.1, 0.15) is 5.58 Å². The van der Waals surface area contributed by atoms with Crippen molar-refractivity contribution in [3.8, 4) is 0 Å². The van der Waals surface area contributed by atoms with Crippen LogP contribution in [0, 0.1) is 0 Å². The fourth-order valence-corrected chi connectivity index (χ4v) is 2.15. The van der Waals surface area contributed by atoms with Gasteiger partial charge < -0.3 is 4.42 Å². The second-order valence-electron chi connectivity index (χ2n) is 5.80. The molecule has 0 aliphatic heterocycles. The highest BCUT2D eigenvalue weighted by atomic mass is 16.3. The van der Waals surface area contributed by atoms with Gasteiger partial charge in [-0.2, -0.15) is 0 Å². The molecule has 0 fully saturated rings. The van der Waals surface area contributed by atoms with Crippen molar-refractivity contribution >= 4 is 11.0 Å². The molecule has 0 aliphatic rings. The lowest BCUT2D eigenvalue weighted by Gasteiger charge is -2.24. The van der Waals surface area contributed by atoms with Crippen LogP contribution in [-0.4, -0.2) is 0 Å². The molecule has 2 aromatic rings. The molecule has 1 aromatic heterocycles. The maximum Gasteiger partial charge on any atom is 0.134 e. The second kappa shape index (κ2) is 3.65. The Balaban J connectivity index is 2.72. The summed E-state index contributed by atoms with van der Waals surface area (Å²) in [5, 5.41) is 1.21. The van der Waals surface area contributed by atoms with E-state index < -0.39 is 0 Å². The molecular weight excluding hydrogens is 196 g/mol. The first-order valence-electron chi connectivity index (χ1n) is 5.91. The van der Waals surface area contributed by atoms with Gasteiger partial charge in [-0.25, -0.2) is 0 Å². The average molecular weight is 216 g/mol. The molecule has 0 aliphatic carbocycles. The van der Waals surface area contributed by atoms with Crippen LogP contribution in [0.1, 0.15) is 51.7 Å². The van der Waals surface area contributed by atoms with Crippen LogP contribution in [0.25, 0.3) is 11.0 Å². The SMILES string of the molecule is CC(C)c1cc2ccoc2cc1C(C)(C)C. The van der Waals surface area contributed by atoms with Crippen molar-refractivity contribution in [2.24, 2.45) is 0 Å². The fourth-order valence-electron chi connectivity index (χ4n) is 2.15. The second-order valence-corrected chi connectivity index (χ2v) is 5.80. The number of furan rings is 1. The molecule has 0 saturated heterocycles. The molecule has 1 nitrogen and oxygen atoms in total. The van der Waals surface area contributed by atoms with Crippen LogP contribution in [-0.2, 0) is 5.41 Å². The van der Waals surface area contributed by atoms with Gasteiger partial charge in [-0.1, -0.05) is 34.6 Å². The molecular formula is C15H20O. The zero-order chi connectivity index (χ0) is 11.9. The van der Waals surface area contributed by atoms with Crippen LogP contribution < -0.4 is 0 Å². The van der Waals surface area contributed by atoms with E-state index in [9.17, 15) is 0 Å². The number of hydrogen-bond acceptors (Lipinski definition) is 1. The van der Waals surface area contributed by atoms with Gasteiger partial charge in [0.2, 0.25) is 0 Å². The Morgan fingerprint density at radius 1 is 1.12 bits per heavy atom. The van der Waals surface area contributed by atoms with Gasteiger partial charge in [-0.15, -0.1) is 0 Å². The summed E-state index contributed by atoms with van der Waals surface area (Å²) in [6.45, 7) is 11.3. The number of benzene rings is 1. The highest BCUT2D eigenvalue weighted by Crippen LogP contribution is 2.34. The Bertz CT molecular complexity index is 498. The third kappa shape index (κ3) is 1.87. The zero-order valence-corrected chi connectivity index (χ0v) is 10.8. The first kappa shape index (κ1) is 11.3. The Hall–Kier alpha value is -1.24. The molecule has 2 rings (SSSR count). The smallest absolute Gasteiger partial charge is 0.134 e. The van der Waals surface area contributed by atoms with Crippen molar-refractivity contribution in [1.29, 1.82) is 0 Å². The van der Waals surface area contributed by atoms with E-state index in [0.29, 0.717) is 5.92 Å². The first-order chi connectivity index (χ1) is 7.39. The van der Waals surface area contributed by atoms with Gasteiger partial charge in [-0.05, 0) is 40.7 Å². The summed E-state index contributed by atoms with van der Waals surface area (Å²) in [5.74, 6) is 0.550. The van der Waals surface area contributed by atoms with Gasteiger partial charge in [0.25, 0.3) is 0 Å². The van der Waals surface area contributed by atoms with Gasteiger partial charge in [-0.3, -0.25) is 0 Å². The molecule has 1 heteroatoms. The van der Waals surface area contributed by atoms with Crippen molar-refractivity contribution in [2.45, 2.75) is 46.0 Å². The normalized spacial score (nSPS) is 12.6. The monoisotopic (exact) mass is 216 g/mol. The first-order valence-corrected chi connectivity index (χ1v) is 5.91. The molecule has 1 aromatic carbocycles. The van der Waals surface area contributed by atoms with Crippen molar-refractivity contribution in [3.63, 3.8) is 0 Å². The molecule has 1 heterocycles. The third-order valence-corrected chi connectivity index (χ3v) is 3.05. The summed E-state index contributed by atoms with van der Waals surface area (Å²) < 4.78 is 5.49. The minimum atomic E-state index is 0.167. The van der Waals surface area contributed by atoms with E-state index >= 15 is 0 Å². The maximum absolute atomic E-state index is 5.49. The molecule has 0 unspecified atom stereocenters. The summed E-state index contributed by atoms with van der Waals surface area (Å²) in [6.07, 6.45) is 1.77. The largest absolute Gasteiger partial charge is 0.464 e. The predicted octanol–water partition coefficient (Wildman–Crippen LogP) is 4.85. The minimum Gasteiger partial charge on any atom is -0.464 e. The molecule has 0 bridgehead atoms.